The number of nitrogens with two attached hydrogens (primary N) is 1. The first kappa shape index (κ1) is 30.3. The number of hydrogen-bond acceptors (Lipinski definition) is 7. The van der Waals surface area contributed by atoms with Crippen LogP contribution in [0.4, 0.5) is 5.69 Å². The molecule has 1 heterocycles. The summed E-state index contributed by atoms with van der Waals surface area (Å²) in [6.45, 7) is 10.2. The highest BCUT2D eigenvalue weighted by Gasteiger charge is 2.28. The lowest BCUT2D eigenvalue weighted by Gasteiger charge is -2.18. The van der Waals surface area contributed by atoms with Crippen molar-refractivity contribution in [3.63, 3.8) is 0 Å². The van der Waals surface area contributed by atoms with E-state index in [0.717, 1.165) is 25.7 Å². The van der Waals surface area contributed by atoms with Gasteiger partial charge in [0.1, 0.15) is 12.0 Å². The second-order valence-electron chi connectivity index (χ2n) is 8.35. The smallest absolute Gasteiger partial charge is 0.269 e. The fourth-order valence-electron chi connectivity index (χ4n) is 2.98. The minimum Gasteiger partial charge on any atom is -0.393 e. The van der Waals surface area contributed by atoms with Gasteiger partial charge in [-0.1, -0.05) is 13.0 Å². The van der Waals surface area contributed by atoms with Crippen LogP contribution in [0.3, 0.4) is 0 Å². The molecule has 3 amide bonds. The zero-order chi connectivity index (χ0) is 27.1. The Kier molecular flexibility index (Phi) is 13.5. The van der Waals surface area contributed by atoms with Crippen LogP contribution < -0.4 is 21.7 Å². The van der Waals surface area contributed by atoms with Gasteiger partial charge in [0.25, 0.3) is 17.7 Å². The predicted molar refractivity (Wildman–Crippen MR) is 143 cm³/mol. The molecule has 0 radical (unpaired) electrons. The molecule has 36 heavy (non-hydrogen) atoms. The number of rotatable bonds is 10. The van der Waals surface area contributed by atoms with E-state index < -0.39 is 0 Å². The van der Waals surface area contributed by atoms with Crippen molar-refractivity contribution in [1.82, 2.24) is 15.5 Å². The van der Waals surface area contributed by atoms with Crippen LogP contribution in [-0.2, 0) is 14.4 Å². The number of hydrogen-bond donors (Lipinski definition) is 4. The summed E-state index contributed by atoms with van der Waals surface area (Å²) in [5.41, 5.74) is 8.32. The summed E-state index contributed by atoms with van der Waals surface area (Å²) in [6.07, 6.45) is 6.53. The van der Waals surface area contributed by atoms with E-state index in [9.17, 15) is 19.2 Å². The van der Waals surface area contributed by atoms with Gasteiger partial charge in [-0.3, -0.25) is 24.1 Å². The van der Waals surface area contributed by atoms with Crippen molar-refractivity contribution < 1.29 is 19.2 Å². The maximum Gasteiger partial charge on any atom is 0.269 e. The lowest BCUT2D eigenvalue weighted by molar-refractivity contribution is -0.137. The van der Waals surface area contributed by atoms with Gasteiger partial charge in [-0.25, -0.2) is 0 Å². The molecule has 2 aliphatic rings. The van der Waals surface area contributed by atoms with Crippen molar-refractivity contribution in [3.05, 3.63) is 65.5 Å². The van der Waals surface area contributed by atoms with Crippen LogP contribution in [0, 0.1) is 0 Å². The van der Waals surface area contributed by atoms with E-state index in [-0.39, 0.29) is 36.0 Å². The average molecular weight is 498 g/mol. The molecule has 0 atom stereocenters. The Balaban J connectivity index is 0.000000825. The lowest BCUT2D eigenvalue weighted by Crippen LogP contribution is -2.33. The fraction of sp³-hybridized carbons (Fsp3) is 0.407. The third-order valence-electron chi connectivity index (χ3n) is 5.17. The molecule has 0 saturated heterocycles. The molecule has 1 saturated carbocycles. The number of carbonyl (C=O) groups is 4. The third kappa shape index (κ3) is 10.3. The van der Waals surface area contributed by atoms with Crippen molar-refractivity contribution in [3.8, 4) is 0 Å². The summed E-state index contributed by atoms with van der Waals surface area (Å²) < 4.78 is 0. The monoisotopic (exact) mass is 497 g/mol. The van der Waals surface area contributed by atoms with E-state index in [2.05, 4.69) is 29.5 Å². The van der Waals surface area contributed by atoms with Crippen LogP contribution in [0.2, 0.25) is 0 Å². The average Bonchev–Trinajstić information content (AvgIpc) is 3.65. The first-order valence-corrected chi connectivity index (χ1v) is 12.1. The number of imide groups is 1. The highest BCUT2D eigenvalue weighted by Crippen LogP contribution is 2.21. The van der Waals surface area contributed by atoms with E-state index in [0.29, 0.717) is 35.4 Å². The largest absolute Gasteiger partial charge is 0.393 e. The molecule has 0 bridgehead atoms. The zero-order valence-electron chi connectivity index (χ0n) is 21.7. The van der Waals surface area contributed by atoms with E-state index >= 15 is 0 Å². The second-order valence-corrected chi connectivity index (χ2v) is 8.35. The van der Waals surface area contributed by atoms with Gasteiger partial charge in [-0.05, 0) is 77.4 Å². The van der Waals surface area contributed by atoms with Gasteiger partial charge in [0, 0.05) is 41.2 Å². The fourth-order valence-corrected chi connectivity index (χ4v) is 2.98. The number of allylic oxidation sites excluding steroid dienone is 2. The highest BCUT2D eigenvalue weighted by atomic mass is 16.2. The Morgan fingerprint density at radius 2 is 1.81 bits per heavy atom. The van der Waals surface area contributed by atoms with Crippen molar-refractivity contribution in [2.24, 2.45) is 5.73 Å². The number of anilines is 1. The number of carbonyl (C=O) groups excluding carboxylic acids is 4. The van der Waals surface area contributed by atoms with Gasteiger partial charge in [0.15, 0.2) is 0 Å². The number of benzene rings is 1. The first-order valence-electron chi connectivity index (χ1n) is 12.1. The molecule has 9 nitrogen and oxygen atoms in total. The van der Waals surface area contributed by atoms with Crippen LogP contribution in [0.15, 0.2) is 60.0 Å². The molecule has 3 rings (SSSR count). The van der Waals surface area contributed by atoms with Crippen LogP contribution in [-0.4, -0.2) is 55.1 Å². The van der Waals surface area contributed by atoms with Gasteiger partial charge >= 0.3 is 0 Å². The summed E-state index contributed by atoms with van der Waals surface area (Å²) >= 11 is 0. The van der Waals surface area contributed by atoms with Gasteiger partial charge in [0.2, 0.25) is 0 Å². The van der Waals surface area contributed by atoms with Crippen LogP contribution in [0.5, 0.6) is 0 Å². The molecular weight excluding hydrogens is 458 g/mol. The number of aldehydes is 1. The molecule has 1 aromatic rings. The normalized spacial score (nSPS) is 14.9. The van der Waals surface area contributed by atoms with E-state index in [1.54, 1.807) is 37.3 Å². The lowest BCUT2D eigenvalue weighted by atomic mass is 10.1. The van der Waals surface area contributed by atoms with E-state index in [1.165, 1.54) is 11.0 Å². The van der Waals surface area contributed by atoms with Crippen molar-refractivity contribution in [2.45, 2.75) is 52.5 Å². The number of nitrogens with one attached hydrogen (secondary N) is 3. The molecule has 1 aliphatic heterocycles. The molecule has 9 heteroatoms. The number of amides is 3. The van der Waals surface area contributed by atoms with E-state index in [4.69, 9.17) is 5.73 Å². The maximum absolute atomic E-state index is 12.4. The molecule has 1 fully saturated rings. The van der Waals surface area contributed by atoms with E-state index in [1.807, 2.05) is 14.0 Å². The van der Waals surface area contributed by atoms with Gasteiger partial charge in [-0.15, -0.1) is 6.58 Å². The highest BCUT2D eigenvalue weighted by molar-refractivity contribution is 6.15. The van der Waals surface area contributed by atoms with Crippen LogP contribution >= 0.6 is 0 Å². The van der Waals surface area contributed by atoms with Crippen molar-refractivity contribution >= 4 is 29.7 Å². The van der Waals surface area contributed by atoms with Crippen LogP contribution in [0.25, 0.3) is 0 Å². The molecular formula is C27H39N5O4. The van der Waals surface area contributed by atoms with Crippen LogP contribution in [0.1, 0.15) is 56.8 Å². The minimum atomic E-state index is -0.342. The Labute approximate surface area is 213 Å². The molecule has 0 unspecified atom stereocenters. The SMILES string of the molecule is C=CC.CC1=CC(=O)N(CCC/C(Nc2ccc(C=O)cc2)=C(/N)C(=O)NC2CC2)C1=O.CCNC. The Morgan fingerprint density at radius 1 is 1.22 bits per heavy atom. The summed E-state index contributed by atoms with van der Waals surface area (Å²) in [7, 11) is 1.93. The third-order valence-corrected chi connectivity index (χ3v) is 5.17. The Bertz CT molecular complexity index is 976. The molecule has 1 aliphatic carbocycles. The van der Waals surface area contributed by atoms with Gasteiger partial charge in [0.05, 0.1) is 0 Å². The minimum absolute atomic E-state index is 0.0738. The Hall–Kier alpha value is -3.72. The van der Waals surface area contributed by atoms with Crippen molar-refractivity contribution in [2.75, 3.05) is 25.5 Å². The summed E-state index contributed by atoms with van der Waals surface area (Å²) in [4.78, 5) is 48.3. The Morgan fingerprint density at radius 3 is 2.25 bits per heavy atom. The zero-order valence-corrected chi connectivity index (χ0v) is 21.7. The quantitative estimate of drug-likeness (QED) is 0.169. The first-order chi connectivity index (χ1) is 17.2. The maximum atomic E-state index is 12.4. The predicted octanol–water partition coefficient (Wildman–Crippen LogP) is 2.87. The summed E-state index contributed by atoms with van der Waals surface area (Å²) in [5, 5.41) is 8.92. The second kappa shape index (κ2) is 16.0. The summed E-state index contributed by atoms with van der Waals surface area (Å²) in [5.74, 6) is -0.961. The van der Waals surface area contributed by atoms with Crippen molar-refractivity contribution in [1.29, 1.82) is 0 Å². The molecule has 0 aromatic heterocycles. The molecule has 196 valence electrons. The molecule has 1 aromatic carbocycles. The van der Waals surface area contributed by atoms with Gasteiger partial charge < -0.3 is 21.7 Å². The number of nitrogens with zero attached hydrogens (tertiary/aromatic N) is 1. The standard InChI is InChI=1S/C21H24N4O4.C3H9N.C3H6/c1-13-11-18(27)25(21(13)29)10-2-3-17(19(22)20(28)24-16-8-9-16)23-15-6-4-14(12-26)5-7-15;1-3-4-2;1-3-2/h4-7,11-12,16,23H,2-3,8-10,22H2,1H3,(H,24,28);4H,3H2,1-2H3;3H,1H2,2H3/b19-17-;;. The molecule has 0 spiro atoms. The van der Waals surface area contributed by atoms with Gasteiger partial charge in [-0.2, -0.15) is 0 Å². The summed E-state index contributed by atoms with van der Waals surface area (Å²) in [6, 6.07) is 6.92. The molecule has 5 N–H and O–H groups in total. The topological polar surface area (TPSA) is 134 Å².